The van der Waals surface area contributed by atoms with Gasteiger partial charge in [0, 0.05) is 46.9 Å². The van der Waals surface area contributed by atoms with Gasteiger partial charge >= 0.3 is 0 Å². The van der Waals surface area contributed by atoms with Crippen LogP contribution >= 0.6 is 24.0 Å². The molecule has 0 aromatic heterocycles. The van der Waals surface area contributed by atoms with E-state index < -0.39 is 10.8 Å². The fourth-order valence-corrected chi connectivity index (χ4v) is 5.43. The molecule has 6 nitrogen and oxygen atoms in total. The van der Waals surface area contributed by atoms with Gasteiger partial charge in [0.25, 0.3) is 0 Å². The van der Waals surface area contributed by atoms with Crippen molar-refractivity contribution in [3.8, 4) is 0 Å². The summed E-state index contributed by atoms with van der Waals surface area (Å²) >= 11 is 0. The van der Waals surface area contributed by atoms with Crippen LogP contribution in [0.3, 0.4) is 0 Å². The highest BCUT2D eigenvalue weighted by Gasteiger charge is 2.26. The number of hydrogen-bond donors (Lipinski definition) is 3. The molecule has 0 saturated heterocycles. The number of nitrogens with zero attached hydrogens (tertiary/aromatic N) is 1. The van der Waals surface area contributed by atoms with Crippen LogP contribution in [-0.2, 0) is 15.6 Å². The van der Waals surface area contributed by atoms with E-state index in [9.17, 15) is 9.00 Å². The molecule has 0 aromatic rings. The van der Waals surface area contributed by atoms with Gasteiger partial charge in [0.15, 0.2) is 5.96 Å². The molecule has 2 rings (SSSR count). The fourth-order valence-electron chi connectivity index (χ4n) is 4.08. The van der Waals surface area contributed by atoms with Gasteiger partial charge in [-0.2, -0.15) is 0 Å². The lowest BCUT2D eigenvalue weighted by molar-refractivity contribution is -0.121. The van der Waals surface area contributed by atoms with Crippen molar-refractivity contribution in [3.05, 3.63) is 0 Å². The molecule has 0 radical (unpaired) electrons. The Morgan fingerprint density at radius 3 is 2.39 bits per heavy atom. The Kier molecular flexibility index (Phi) is 13.4. The Morgan fingerprint density at radius 1 is 1.00 bits per heavy atom. The van der Waals surface area contributed by atoms with E-state index in [1.807, 2.05) is 13.8 Å². The number of nitrogens with one attached hydrogen (secondary N) is 3. The maximum Gasteiger partial charge on any atom is 0.222 e. The third kappa shape index (κ3) is 9.41. The molecule has 2 aliphatic carbocycles. The lowest BCUT2D eigenvalue weighted by Gasteiger charge is -2.30. The largest absolute Gasteiger partial charge is 0.357 e. The molecule has 3 atom stereocenters. The third-order valence-corrected chi connectivity index (χ3v) is 7.29. The molecule has 3 N–H and O–H groups in total. The van der Waals surface area contributed by atoms with E-state index in [1.54, 1.807) is 0 Å². The summed E-state index contributed by atoms with van der Waals surface area (Å²) in [5.74, 6) is 1.62. The summed E-state index contributed by atoms with van der Waals surface area (Å²) in [6, 6.07) is 0.674. The summed E-state index contributed by atoms with van der Waals surface area (Å²) in [5, 5.41) is 10.2. The Labute approximate surface area is 190 Å². The van der Waals surface area contributed by atoms with Crippen molar-refractivity contribution in [3.63, 3.8) is 0 Å². The van der Waals surface area contributed by atoms with E-state index in [-0.39, 0.29) is 29.9 Å². The minimum atomic E-state index is -0.721. The zero-order chi connectivity index (χ0) is 19.5. The molecule has 0 aliphatic heterocycles. The Balaban J connectivity index is 0.00000392. The highest BCUT2D eigenvalue weighted by Crippen LogP contribution is 2.23. The summed E-state index contributed by atoms with van der Waals surface area (Å²) in [5.41, 5.74) is 0. The van der Waals surface area contributed by atoms with Gasteiger partial charge in [0.1, 0.15) is 0 Å². The number of aliphatic imine (C=N–C) groups is 1. The van der Waals surface area contributed by atoms with Gasteiger partial charge in [-0.25, -0.2) is 0 Å². The maximum absolute atomic E-state index is 12.1. The zero-order valence-electron chi connectivity index (χ0n) is 17.5. The van der Waals surface area contributed by atoms with E-state index in [0.29, 0.717) is 30.3 Å². The number of rotatable bonds is 8. The monoisotopic (exact) mass is 526 g/mol. The highest BCUT2D eigenvalue weighted by atomic mass is 127. The number of carbonyl (C=O) groups excluding carboxylic acids is 1. The van der Waals surface area contributed by atoms with Crippen LogP contribution in [0.4, 0.5) is 0 Å². The van der Waals surface area contributed by atoms with Crippen molar-refractivity contribution in [1.82, 2.24) is 16.0 Å². The van der Waals surface area contributed by atoms with Crippen LogP contribution in [0, 0.1) is 0 Å². The number of amides is 1. The predicted molar refractivity (Wildman–Crippen MR) is 129 cm³/mol. The predicted octanol–water partition coefficient (Wildman–Crippen LogP) is 3.08. The molecule has 0 bridgehead atoms. The first-order valence-electron chi connectivity index (χ1n) is 10.8. The van der Waals surface area contributed by atoms with Gasteiger partial charge in [0.2, 0.25) is 5.91 Å². The van der Waals surface area contributed by atoms with Gasteiger partial charge in [-0.05, 0) is 39.0 Å². The van der Waals surface area contributed by atoms with Crippen LogP contribution in [0.25, 0.3) is 0 Å². The normalized spacial score (nSPS) is 24.7. The van der Waals surface area contributed by atoms with Crippen molar-refractivity contribution in [1.29, 1.82) is 0 Å². The van der Waals surface area contributed by atoms with Gasteiger partial charge in [-0.3, -0.25) is 14.0 Å². The quantitative estimate of drug-likeness (QED) is 0.258. The Bertz CT molecular complexity index is 512. The van der Waals surface area contributed by atoms with Crippen LogP contribution in [0.15, 0.2) is 4.99 Å². The number of carbonyl (C=O) groups is 1. The SMILES string of the molecule is CCNC(=NCCC(=O)NC1CCCCC1)NC1CCCC(S(=O)CC)C1.I. The van der Waals surface area contributed by atoms with Gasteiger partial charge in [0.05, 0.1) is 6.54 Å². The maximum atomic E-state index is 12.1. The second-order valence-electron chi connectivity index (χ2n) is 7.71. The second kappa shape index (κ2) is 14.6. The highest BCUT2D eigenvalue weighted by molar-refractivity contribution is 14.0. The molecule has 1 amide bonds. The molecule has 2 saturated carbocycles. The molecule has 28 heavy (non-hydrogen) atoms. The second-order valence-corrected chi connectivity index (χ2v) is 9.72. The van der Waals surface area contributed by atoms with E-state index in [2.05, 4.69) is 20.9 Å². The summed E-state index contributed by atoms with van der Waals surface area (Å²) in [6.07, 6.45) is 10.6. The van der Waals surface area contributed by atoms with Gasteiger partial charge < -0.3 is 16.0 Å². The van der Waals surface area contributed by atoms with Crippen LogP contribution in [0.1, 0.15) is 78.1 Å². The molecule has 164 valence electrons. The summed E-state index contributed by atoms with van der Waals surface area (Å²) in [7, 11) is -0.721. The van der Waals surface area contributed by atoms with E-state index in [0.717, 1.165) is 56.8 Å². The van der Waals surface area contributed by atoms with Gasteiger partial charge in [-0.15, -0.1) is 24.0 Å². The molecule has 0 heterocycles. The lowest BCUT2D eigenvalue weighted by atomic mass is 9.95. The molecular formula is C20H39IN4O2S. The zero-order valence-corrected chi connectivity index (χ0v) is 20.7. The average Bonchev–Trinajstić information content (AvgIpc) is 2.68. The standard InChI is InChI=1S/C20H38N4O2S.HI/c1-3-21-20(24-17-11-8-12-18(15-17)27(26)4-2)22-14-13-19(25)23-16-9-6-5-7-10-16;/h16-18H,3-15H2,1-2H3,(H,23,25)(H2,21,22,24);1H. The third-order valence-electron chi connectivity index (χ3n) is 5.55. The minimum absolute atomic E-state index is 0. The number of halogens is 1. The average molecular weight is 527 g/mol. The van der Waals surface area contributed by atoms with Crippen molar-refractivity contribution in [2.24, 2.45) is 4.99 Å². The summed E-state index contributed by atoms with van der Waals surface area (Å²) in [6.45, 7) is 5.32. The first-order chi connectivity index (χ1) is 13.1. The van der Waals surface area contributed by atoms with E-state index >= 15 is 0 Å². The van der Waals surface area contributed by atoms with Gasteiger partial charge in [-0.1, -0.05) is 32.6 Å². The first kappa shape index (κ1) is 25.7. The molecule has 0 spiro atoms. The Morgan fingerprint density at radius 2 is 1.71 bits per heavy atom. The van der Waals surface area contributed by atoms with E-state index in [4.69, 9.17) is 0 Å². The molecular weight excluding hydrogens is 487 g/mol. The number of hydrogen-bond acceptors (Lipinski definition) is 3. The molecule has 3 unspecified atom stereocenters. The van der Waals surface area contributed by atoms with Crippen molar-refractivity contribution in [2.75, 3.05) is 18.8 Å². The minimum Gasteiger partial charge on any atom is -0.357 e. The lowest BCUT2D eigenvalue weighted by Crippen LogP contribution is -2.46. The molecule has 8 heteroatoms. The van der Waals surface area contributed by atoms with Crippen molar-refractivity contribution < 1.29 is 9.00 Å². The van der Waals surface area contributed by atoms with Crippen LogP contribution in [0.2, 0.25) is 0 Å². The van der Waals surface area contributed by atoms with E-state index in [1.165, 1.54) is 19.3 Å². The molecule has 2 fully saturated rings. The van der Waals surface area contributed by atoms with Crippen LogP contribution in [0.5, 0.6) is 0 Å². The molecule has 0 aromatic carbocycles. The van der Waals surface area contributed by atoms with Crippen molar-refractivity contribution in [2.45, 2.75) is 95.4 Å². The fraction of sp³-hybridized carbons (Fsp3) is 0.900. The smallest absolute Gasteiger partial charge is 0.222 e. The number of guanidine groups is 1. The first-order valence-corrected chi connectivity index (χ1v) is 12.2. The molecule has 2 aliphatic rings. The van der Waals surface area contributed by atoms with Crippen LogP contribution in [-0.4, -0.2) is 52.3 Å². The summed E-state index contributed by atoms with van der Waals surface area (Å²) < 4.78 is 12.1. The summed E-state index contributed by atoms with van der Waals surface area (Å²) in [4.78, 5) is 16.7. The van der Waals surface area contributed by atoms with Crippen LogP contribution < -0.4 is 16.0 Å². The Hall–Kier alpha value is -0.380. The van der Waals surface area contributed by atoms with Crippen molar-refractivity contribution >= 4 is 46.6 Å². The topological polar surface area (TPSA) is 82.6 Å².